The summed E-state index contributed by atoms with van der Waals surface area (Å²) in [6.45, 7) is 15.6. The van der Waals surface area contributed by atoms with E-state index in [1.54, 1.807) is 20.8 Å². The van der Waals surface area contributed by atoms with Crippen LogP contribution in [0.3, 0.4) is 0 Å². The average Bonchev–Trinajstić information content (AvgIpc) is 3.15. The first-order valence-corrected chi connectivity index (χ1v) is 20.4. The molecule has 2 aliphatic heterocycles. The first kappa shape index (κ1) is 46.2. The van der Waals surface area contributed by atoms with Gasteiger partial charge in [-0.1, -0.05) is 88.4 Å². The topological polar surface area (TPSA) is 193 Å². The number of carbonyl (C=O) groups is 7. The molecule has 2 aromatic rings. The van der Waals surface area contributed by atoms with Gasteiger partial charge in [0.2, 0.25) is 29.5 Å². The third-order valence-corrected chi connectivity index (χ3v) is 10.5. The Hall–Kier alpha value is -5.47. The van der Waals surface area contributed by atoms with Gasteiger partial charge in [0.15, 0.2) is 0 Å². The van der Waals surface area contributed by atoms with E-state index in [9.17, 15) is 33.6 Å². The molecule has 15 nitrogen and oxygen atoms in total. The van der Waals surface area contributed by atoms with Gasteiger partial charge in [0.05, 0.1) is 31.0 Å². The molecule has 0 bridgehead atoms. The maximum Gasteiger partial charge on any atom is 0.408 e. The first-order valence-electron chi connectivity index (χ1n) is 20.4. The summed E-state index contributed by atoms with van der Waals surface area (Å²) in [5.74, 6) is -3.91. The fraction of sp³-hybridized carbons (Fsp3) is 0.568. The van der Waals surface area contributed by atoms with Crippen LogP contribution in [-0.2, 0) is 38.2 Å². The molecule has 2 fully saturated rings. The molecular formula is C44H62N6O9. The number of esters is 1. The second kappa shape index (κ2) is 20.0. The van der Waals surface area contributed by atoms with E-state index in [1.807, 2.05) is 88.4 Å². The molecule has 0 aliphatic carbocycles. The highest BCUT2D eigenvalue weighted by Crippen LogP contribution is 2.44. The van der Waals surface area contributed by atoms with Crippen molar-refractivity contribution in [1.82, 2.24) is 31.1 Å². The van der Waals surface area contributed by atoms with Crippen LogP contribution in [0.2, 0.25) is 0 Å². The SMILES string of the molecule is COC(=O)CN1C(=O)[C@H]([C@H](CC(C)C)NC(=O)[C@H](C)NC(=O)CN2C(=O)[C@H]([C@H](CC(C)C)NC(=O)[C@H](C)NC(=O)OC(C)(C)C)[C@H]2c2ccccc2)[C@H]1c1ccccc1. The van der Waals surface area contributed by atoms with Crippen molar-refractivity contribution in [2.24, 2.45) is 23.7 Å². The number of hydrogen-bond acceptors (Lipinski definition) is 9. The average molecular weight is 819 g/mol. The molecule has 0 aromatic heterocycles. The highest BCUT2D eigenvalue weighted by molar-refractivity contribution is 5.95. The number of likely N-dealkylation sites (tertiary alicyclic amines) is 2. The Kier molecular flexibility index (Phi) is 15.7. The predicted molar refractivity (Wildman–Crippen MR) is 220 cm³/mol. The minimum Gasteiger partial charge on any atom is -0.468 e. The Balaban J connectivity index is 1.47. The third-order valence-electron chi connectivity index (χ3n) is 10.5. The van der Waals surface area contributed by atoms with Crippen LogP contribution >= 0.6 is 0 Å². The number of alkyl carbamates (subject to hydrolysis) is 1. The van der Waals surface area contributed by atoms with Crippen molar-refractivity contribution >= 4 is 41.6 Å². The highest BCUT2D eigenvalue weighted by atomic mass is 16.6. The Morgan fingerprint density at radius 3 is 1.42 bits per heavy atom. The van der Waals surface area contributed by atoms with Gasteiger partial charge in [-0.25, -0.2) is 4.79 Å². The first-order chi connectivity index (χ1) is 27.7. The van der Waals surface area contributed by atoms with Crippen molar-refractivity contribution < 1.29 is 43.0 Å². The summed E-state index contributed by atoms with van der Waals surface area (Å²) in [6, 6.07) is 14.3. The van der Waals surface area contributed by atoms with E-state index >= 15 is 0 Å². The van der Waals surface area contributed by atoms with Gasteiger partial charge in [0.1, 0.15) is 30.8 Å². The molecule has 2 saturated heterocycles. The highest BCUT2D eigenvalue weighted by Gasteiger charge is 2.54. The van der Waals surface area contributed by atoms with Gasteiger partial charge in [-0.15, -0.1) is 0 Å². The fourth-order valence-corrected chi connectivity index (χ4v) is 7.85. The van der Waals surface area contributed by atoms with E-state index < -0.39 is 83.5 Å². The van der Waals surface area contributed by atoms with E-state index in [1.165, 1.54) is 30.8 Å². The molecule has 0 unspecified atom stereocenters. The molecular weight excluding hydrogens is 757 g/mol. The maximum absolute atomic E-state index is 14.0. The van der Waals surface area contributed by atoms with Crippen LogP contribution in [0.15, 0.2) is 60.7 Å². The van der Waals surface area contributed by atoms with Crippen LogP contribution < -0.4 is 21.3 Å². The zero-order valence-corrected chi connectivity index (χ0v) is 35.9. The van der Waals surface area contributed by atoms with Crippen LogP contribution in [0, 0.1) is 23.7 Å². The van der Waals surface area contributed by atoms with Gasteiger partial charge in [-0.05, 0) is 70.4 Å². The lowest BCUT2D eigenvalue weighted by molar-refractivity contribution is -0.167. The van der Waals surface area contributed by atoms with E-state index in [0.29, 0.717) is 12.8 Å². The van der Waals surface area contributed by atoms with Gasteiger partial charge in [-0.2, -0.15) is 0 Å². The number of nitrogens with zero attached hydrogens (tertiary/aromatic N) is 2. The molecule has 2 aliphatic rings. The normalized spacial score (nSPS) is 21.0. The molecule has 2 aromatic carbocycles. The quantitative estimate of drug-likeness (QED) is 0.127. The van der Waals surface area contributed by atoms with Crippen molar-refractivity contribution in [3.05, 3.63) is 71.8 Å². The predicted octanol–water partition coefficient (Wildman–Crippen LogP) is 4.04. The number of carbonyl (C=O) groups excluding carboxylic acids is 7. The van der Waals surface area contributed by atoms with Crippen molar-refractivity contribution in [1.29, 1.82) is 0 Å². The van der Waals surface area contributed by atoms with Crippen LogP contribution in [0.5, 0.6) is 0 Å². The molecule has 4 N–H and O–H groups in total. The molecule has 0 radical (unpaired) electrons. The summed E-state index contributed by atoms with van der Waals surface area (Å²) in [6.07, 6.45) is 0.173. The Morgan fingerprint density at radius 1 is 0.627 bits per heavy atom. The summed E-state index contributed by atoms with van der Waals surface area (Å²) in [4.78, 5) is 95.9. The molecule has 2 heterocycles. The Morgan fingerprint density at radius 2 is 1.03 bits per heavy atom. The summed E-state index contributed by atoms with van der Waals surface area (Å²) in [5.41, 5.74) is 0.835. The van der Waals surface area contributed by atoms with E-state index in [2.05, 4.69) is 21.3 Å². The number of amides is 6. The molecule has 59 heavy (non-hydrogen) atoms. The summed E-state index contributed by atoms with van der Waals surface area (Å²) in [7, 11) is 1.26. The van der Waals surface area contributed by atoms with Crippen LogP contribution in [0.1, 0.15) is 98.4 Å². The lowest BCUT2D eigenvalue weighted by Gasteiger charge is -2.50. The van der Waals surface area contributed by atoms with Crippen molar-refractivity contribution in [3.63, 3.8) is 0 Å². The number of benzene rings is 2. The molecule has 6 amide bonds. The lowest BCUT2D eigenvalue weighted by Crippen LogP contribution is -2.65. The number of rotatable bonds is 18. The van der Waals surface area contributed by atoms with Gasteiger partial charge < -0.3 is 40.5 Å². The molecule has 322 valence electrons. The maximum atomic E-state index is 14.0. The van der Waals surface area contributed by atoms with E-state index in [-0.39, 0.29) is 36.7 Å². The monoisotopic (exact) mass is 818 g/mol. The standard InChI is InChI=1S/C44H62N6O9/c1-25(2)21-31(48-40(54)28(6)46-43(57)59-44(7,8)9)35-37(29-17-13-11-14-18-29)49(41(35)55)23-33(51)45-27(5)39(53)47-32(22-26(3)4)36-38(30-19-15-12-16-20-30)50(42(36)56)24-34(52)58-10/h11-20,25-28,31-32,35-38H,21-24H2,1-10H3,(H,45,51)(H,46,57)(H,47,53)(H,48,54)/t27-,28-,31-,32-,35+,36+,37+,38+/m0/s1. The van der Waals surface area contributed by atoms with Crippen LogP contribution in [0.4, 0.5) is 4.79 Å². The number of hydrogen-bond donors (Lipinski definition) is 4. The fourth-order valence-electron chi connectivity index (χ4n) is 7.85. The van der Waals surface area contributed by atoms with Crippen molar-refractivity contribution in [3.8, 4) is 0 Å². The molecule has 4 rings (SSSR count). The third kappa shape index (κ3) is 12.0. The zero-order valence-electron chi connectivity index (χ0n) is 35.9. The molecule has 8 atom stereocenters. The molecule has 0 spiro atoms. The Bertz CT molecular complexity index is 1820. The minimum absolute atomic E-state index is 0.0870. The number of ether oxygens (including phenoxy) is 2. The van der Waals surface area contributed by atoms with Crippen LogP contribution in [0.25, 0.3) is 0 Å². The van der Waals surface area contributed by atoms with E-state index in [4.69, 9.17) is 9.47 Å². The van der Waals surface area contributed by atoms with E-state index in [0.717, 1.165) is 11.1 Å². The smallest absolute Gasteiger partial charge is 0.408 e. The summed E-state index contributed by atoms with van der Waals surface area (Å²) < 4.78 is 10.1. The minimum atomic E-state index is -1.03. The number of nitrogens with one attached hydrogen (secondary N) is 4. The number of methoxy groups -OCH3 is 1. The van der Waals surface area contributed by atoms with Gasteiger partial charge in [0, 0.05) is 12.1 Å². The second-order valence-electron chi connectivity index (χ2n) is 17.4. The second-order valence-corrected chi connectivity index (χ2v) is 17.4. The summed E-state index contributed by atoms with van der Waals surface area (Å²) >= 11 is 0. The Labute approximate surface area is 347 Å². The van der Waals surface area contributed by atoms with Crippen LogP contribution in [-0.4, -0.2) is 101 Å². The largest absolute Gasteiger partial charge is 0.468 e. The zero-order chi connectivity index (χ0) is 43.8. The van der Waals surface area contributed by atoms with Gasteiger partial charge >= 0.3 is 12.1 Å². The molecule has 0 saturated carbocycles. The van der Waals surface area contributed by atoms with Crippen molar-refractivity contribution in [2.45, 2.75) is 117 Å². The van der Waals surface area contributed by atoms with Gasteiger partial charge in [-0.3, -0.25) is 28.8 Å². The van der Waals surface area contributed by atoms with Crippen molar-refractivity contribution in [2.75, 3.05) is 20.2 Å². The summed E-state index contributed by atoms with van der Waals surface area (Å²) in [5, 5.41) is 11.3. The lowest BCUT2D eigenvalue weighted by atomic mass is 9.75. The number of β-lactam (4-membered cyclic amide) rings is 2. The van der Waals surface area contributed by atoms with Gasteiger partial charge in [0.25, 0.3) is 0 Å². The molecule has 15 heteroatoms.